The summed E-state index contributed by atoms with van der Waals surface area (Å²) in [5.74, 6) is 0. The van der Waals surface area contributed by atoms with E-state index in [4.69, 9.17) is 5.73 Å². The molecule has 0 aliphatic rings. The minimum absolute atomic E-state index is 0.164. The van der Waals surface area contributed by atoms with Crippen molar-refractivity contribution >= 4 is 6.03 Å². The Morgan fingerprint density at radius 1 is 1.55 bits per heavy atom. The fourth-order valence-corrected chi connectivity index (χ4v) is 0.563. The van der Waals surface area contributed by atoms with Crippen molar-refractivity contribution < 1.29 is 4.79 Å². The largest absolute Gasteiger partial charge is 0.338 e. The molecule has 0 unspecified atom stereocenters. The fraction of sp³-hybridized carbons (Fsp3) is 0.857. The molecule has 66 valence electrons. The Balaban J connectivity index is 3.74. The SMILES string of the molecule is CCNC(=O)NC(C)(C)CN. The molecule has 4 heteroatoms. The van der Waals surface area contributed by atoms with Crippen LogP contribution in [-0.2, 0) is 0 Å². The summed E-state index contributed by atoms with van der Waals surface area (Å²) in [6.45, 7) is 6.69. The van der Waals surface area contributed by atoms with Crippen LogP contribution in [0.4, 0.5) is 4.79 Å². The molecule has 0 aliphatic carbocycles. The van der Waals surface area contributed by atoms with E-state index in [0.717, 1.165) is 0 Å². The lowest BCUT2D eigenvalue weighted by molar-refractivity contribution is 0.231. The van der Waals surface area contributed by atoms with Gasteiger partial charge in [-0.2, -0.15) is 0 Å². The maximum absolute atomic E-state index is 10.9. The molecular formula is C7H17N3O. The lowest BCUT2D eigenvalue weighted by Crippen LogP contribution is -2.52. The molecule has 0 radical (unpaired) electrons. The summed E-state index contributed by atoms with van der Waals surface area (Å²) < 4.78 is 0. The van der Waals surface area contributed by atoms with Crippen LogP contribution in [0.3, 0.4) is 0 Å². The third kappa shape index (κ3) is 4.61. The summed E-state index contributed by atoms with van der Waals surface area (Å²) in [6, 6.07) is -0.164. The smallest absolute Gasteiger partial charge is 0.315 e. The van der Waals surface area contributed by atoms with E-state index in [2.05, 4.69) is 10.6 Å². The maximum atomic E-state index is 10.9. The minimum atomic E-state index is -0.320. The number of amides is 2. The Morgan fingerprint density at radius 3 is 2.45 bits per heavy atom. The van der Waals surface area contributed by atoms with E-state index in [0.29, 0.717) is 13.1 Å². The Labute approximate surface area is 67.5 Å². The highest BCUT2D eigenvalue weighted by Gasteiger charge is 2.16. The van der Waals surface area contributed by atoms with Gasteiger partial charge < -0.3 is 16.4 Å². The molecule has 4 nitrogen and oxygen atoms in total. The van der Waals surface area contributed by atoms with Crippen molar-refractivity contribution in [3.05, 3.63) is 0 Å². The second kappa shape index (κ2) is 4.18. The zero-order chi connectivity index (χ0) is 8.91. The van der Waals surface area contributed by atoms with Gasteiger partial charge in [-0.05, 0) is 20.8 Å². The van der Waals surface area contributed by atoms with Crippen molar-refractivity contribution in [2.45, 2.75) is 26.3 Å². The predicted molar refractivity (Wildman–Crippen MR) is 45.3 cm³/mol. The van der Waals surface area contributed by atoms with Crippen LogP contribution in [0.15, 0.2) is 0 Å². The van der Waals surface area contributed by atoms with Gasteiger partial charge in [0.15, 0.2) is 0 Å². The molecule has 11 heavy (non-hydrogen) atoms. The third-order valence-electron chi connectivity index (χ3n) is 1.30. The summed E-state index contributed by atoms with van der Waals surface area (Å²) >= 11 is 0. The van der Waals surface area contributed by atoms with Crippen molar-refractivity contribution in [1.82, 2.24) is 10.6 Å². The summed E-state index contributed by atoms with van der Waals surface area (Å²) in [7, 11) is 0. The van der Waals surface area contributed by atoms with Gasteiger partial charge in [-0.3, -0.25) is 0 Å². The second-order valence-electron chi connectivity index (χ2n) is 3.07. The number of urea groups is 1. The van der Waals surface area contributed by atoms with Gasteiger partial charge >= 0.3 is 6.03 Å². The summed E-state index contributed by atoms with van der Waals surface area (Å²) in [5.41, 5.74) is 5.09. The fourth-order valence-electron chi connectivity index (χ4n) is 0.563. The molecule has 0 fully saturated rings. The van der Waals surface area contributed by atoms with Crippen LogP contribution in [0, 0.1) is 0 Å². The number of nitrogens with two attached hydrogens (primary N) is 1. The first-order valence-corrected chi connectivity index (χ1v) is 3.78. The van der Waals surface area contributed by atoms with Crippen LogP contribution < -0.4 is 16.4 Å². The van der Waals surface area contributed by atoms with Gasteiger partial charge in [-0.1, -0.05) is 0 Å². The number of carbonyl (C=O) groups excluding carboxylic acids is 1. The molecule has 0 aromatic heterocycles. The van der Waals surface area contributed by atoms with Gasteiger partial charge in [0, 0.05) is 18.6 Å². The average Bonchev–Trinajstić information content (AvgIpc) is 1.87. The Bertz CT molecular complexity index is 134. The number of nitrogens with one attached hydrogen (secondary N) is 2. The zero-order valence-corrected chi connectivity index (χ0v) is 7.40. The maximum Gasteiger partial charge on any atom is 0.315 e. The highest BCUT2D eigenvalue weighted by molar-refractivity contribution is 5.74. The number of rotatable bonds is 3. The van der Waals surface area contributed by atoms with Gasteiger partial charge in [-0.25, -0.2) is 4.79 Å². The first-order valence-electron chi connectivity index (χ1n) is 3.78. The Kier molecular flexibility index (Phi) is 3.89. The van der Waals surface area contributed by atoms with Gasteiger partial charge in [0.25, 0.3) is 0 Å². The van der Waals surface area contributed by atoms with Crippen LogP contribution in [-0.4, -0.2) is 24.7 Å². The quantitative estimate of drug-likeness (QED) is 0.544. The highest BCUT2D eigenvalue weighted by atomic mass is 16.2. The first-order chi connectivity index (χ1) is 5.02. The van der Waals surface area contributed by atoms with Crippen LogP contribution >= 0.6 is 0 Å². The molecule has 0 aromatic rings. The third-order valence-corrected chi connectivity index (χ3v) is 1.30. The Morgan fingerprint density at radius 2 is 2.09 bits per heavy atom. The van der Waals surface area contributed by atoms with Crippen LogP contribution in [0.1, 0.15) is 20.8 Å². The van der Waals surface area contributed by atoms with Crippen LogP contribution in [0.5, 0.6) is 0 Å². The van der Waals surface area contributed by atoms with Gasteiger partial charge in [0.1, 0.15) is 0 Å². The summed E-state index contributed by atoms with van der Waals surface area (Å²) in [6.07, 6.45) is 0. The van der Waals surface area contributed by atoms with Gasteiger partial charge in [-0.15, -0.1) is 0 Å². The van der Waals surface area contributed by atoms with E-state index in [9.17, 15) is 4.79 Å². The highest BCUT2D eigenvalue weighted by Crippen LogP contribution is 1.96. The molecule has 4 N–H and O–H groups in total. The molecule has 0 aromatic carbocycles. The summed E-state index contributed by atoms with van der Waals surface area (Å²) in [4.78, 5) is 10.9. The van der Waals surface area contributed by atoms with Crippen LogP contribution in [0.2, 0.25) is 0 Å². The molecule has 0 spiro atoms. The lowest BCUT2D eigenvalue weighted by Gasteiger charge is -2.23. The monoisotopic (exact) mass is 159 g/mol. The van der Waals surface area contributed by atoms with E-state index >= 15 is 0 Å². The Hall–Kier alpha value is -0.770. The lowest BCUT2D eigenvalue weighted by atomic mass is 10.1. The molecule has 0 saturated heterocycles. The normalized spacial score (nSPS) is 10.9. The molecule has 2 amide bonds. The van der Waals surface area contributed by atoms with Gasteiger partial charge in [0.05, 0.1) is 0 Å². The second-order valence-corrected chi connectivity index (χ2v) is 3.07. The standard InChI is InChI=1S/C7H17N3O/c1-4-9-6(11)10-7(2,3)5-8/h4-5,8H2,1-3H3,(H2,9,10,11). The molecule has 0 bridgehead atoms. The first kappa shape index (κ1) is 10.2. The molecular weight excluding hydrogens is 142 g/mol. The van der Waals surface area contributed by atoms with Crippen molar-refractivity contribution in [3.8, 4) is 0 Å². The predicted octanol–water partition coefficient (Wildman–Crippen LogP) is 0.0428. The van der Waals surface area contributed by atoms with E-state index in [1.165, 1.54) is 0 Å². The average molecular weight is 159 g/mol. The number of hydrogen-bond donors (Lipinski definition) is 3. The van der Waals surface area contributed by atoms with E-state index in [1.807, 2.05) is 20.8 Å². The molecule has 0 saturated carbocycles. The molecule has 0 atom stereocenters. The van der Waals surface area contributed by atoms with Crippen molar-refractivity contribution in [2.75, 3.05) is 13.1 Å². The van der Waals surface area contributed by atoms with Crippen molar-refractivity contribution in [1.29, 1.82) is 0 Å². The van der Waals surface area contributed by atoms with E-state index in [1.54, 1.807) is 0 Å². The minimum Gasteiger partial charge on any atom is -0.338 e. The van der Waals surface area contributed by atoms with Crippen molar-refractivity contribution in [2.24, 2.45) is 5.73 Å². The molecule has 0 rings (SSSR count). The van der Waals surface area contributed by atoms with Gasteiger partial charge in [0.2, 0.25) is 0 Å². The topological polar surface area (TPSA) is 67.2 Å². The number of hydrogen-bond acceptors (Lipinski definition) is 2. The van der Waals surface area contributed by atoms with E-state index < -0.39 is 0 Å². The van der Waals surface area contributed by atoms with Crippen molar-refractivity contribution in [3.63, 3.8) is 0 Å². The van der Waals surface area contributed by atoms with Crippen LogP contribution in [0.25, 0.3) is 0 Å². The molecule has 0 aliphatic heterocycles. The zero-order valence-electron chi connectivity index (χ0n) is 7.40. The van der Waals surface area contributed by atoms with E-state index in [-0.39, 0.29) is 11.6 Å². The number of carbonyl (C=O) groups is 1. The summed E-state index contributed by atoms with van der Waals surface area (Å²) in [5, 5.41) is 5.36. The molecule has 0 heterocycles.